The van der Waals surface area contributed by atoms with Crippen LogP contribution < -0.4 is 10.6 Å². The quantitative estimate of drug-likeness (QED) is 0.740. The number of nitrogens with one attached hydrogen (secondary N) is 3. The number of morpholine rings is 1. The van der Waals surface area contributed by atoms with E-state index in [4.69, 9.17) is 4.74 Å². The lowest BCUT2D eigenvalue weighted by molar-refractivity contribution is 0.0287. The molecule has 6 heteroatoms. The Balaban J connectivity index is 1.66. The maximum atomic E-state index is 12.1. The van der Waals surface area contributed by atoms with E-state index in [-0.39, 0.29) is 12.0 Å². The molecule has 1 aliphatic rings. The minimum absolute atomic E-state index is 0.0305. The summed E-state index contributed by atoms with van der Waals surface area (Å²) >= 11 is 0. The number of aromatic amines is 1. The van der Waals surface area contributed by atoms with E-state index < -0.39 is 0 Å². The maximum Gasteiger partial charge on any atom is 0.272 e. The highest BCUT2D eigenvalue weighted by Crippen LogP contribution is 2.14. The van der Waals surface area contributed by atoms with Crippen LogP contribution in [0.1, 0.15) is 10.5 Å². The van der Waals surface area contributed by atoms with Gasteiger partial charge in [0.05, 0.1) is 18.2 Å². The molecule has 0 spiro atoms. The SMILES string of the molecule is O=C(NCC1CNCCO1)c1n[nH]c2ccccc12. The summed E-state index contributed by atoms with van der Waals surface area (Å²) in [6.07, 6.45) is 0.0305. The fourth-order valence-corrected chi connectivity index (χ4v) is 2.18. The molecule has 1 aliphatic heterocycles. The van der Waals surface area contributed by atoms with Crippen LogP contribution in [0.25, 0.3) is 10.9 Å². The summed E-state index contributed by atoms with van der Waals surface area (Å²) in [6, 6.07) is 7.58. The van der Waals surface area contributed by atoms with Gasteiger partial charge in [-0.1, -0.05) is 18.2 Å². The average molecular weight is 260 g/mol. The molecule has 3 N–H and O–H groups in total. The van der Waals surface area contributed by atoms with E-state index in [1.807, 2.05) is 24.3 Å². The lowest BCUT2D eigenvalue weighted by Gasteiger charge is -2.23. The molecule has 6 nitrogen and oxygen atoms in total. The summed E-state index contributed by atoms with van der Waals surface area (Å²) in [5.41, 5.74) is 1.29. The first-order chi connectivity index (χ1) is 9.34. The number of nitrogens with zero attached hydrogens (tertiary/aromatic N) is 1. The molecule has 100 valence electrons. The first-order valence-corrected chi connectivity index (χ1v) is 6.38. The third kappa shape index (κ3) is 2.59. The van der Waals surface area contributed by atoms with E-state index in [1.165, 1.54) is 0 Å². The predicted molar refractivity (Wildman–Crippen MR) is 71.0 cm³/mol. The monoisotopic (exact) mass is 260 g/mol. The van der Waals surface area contributed by atoms with Crippen LogP contribution in [0.15, 0.2) is 24.3 Å². The molecule has 3 rings (SSSR count). The number of benzene rings is 1. The van der Waals surface area contributed by atoms with Crippen molar-refractivity contribution in [3.8, 4) is 0 Å². The maximum absolute atomic E-state index is 12.1. The van der Waals surface area contributed by atoms with Crippen molar-refractivity contribution >= 4 is 16.8 Å². The number of carbonyl (C=O) groups is 1. The first kappa shape index (κ1) is 12.1. The van der Waals surface area contributed by atoms with Gasteiger partial charge in [0.25, 0.3) is 5.91 Å². The second-order valence-corrected chi connectivity index (χ2v) is 4.52. The topological polar surface area (TPSA) is 79.0 Å². The van der Waals surface area contributed by atoms with Gasteiger partial charge in [-0.05, 0) is 6.07 Å². The number of aromatic nitrogens is 2. The van der Waals surface area contributed by atoms with Gasteiger partial charge in [0.1, 0.15) is 0 Å². The van der Waals surface area contributed by atoms with Gasteiger partial charge < -0.3 is 15.4 Å². The number of para-hydroxylation sites is 1. The Morgan fingerprint density at radius 2 is 2.37 bits per heavy atom. The molecule has 0 radical (unpaired) electrons. The first-order valence-electron chi connectivity index (χ1n) is 6.38. The molecule has 1 saturated heterocycles. The van der Waals surface area contributed by atoms with Crippen LogP contribution >= 0.6 is 0 Å². The highest BCUT2D eigenvalue weighted by Gasteiger charge is 2.17. The van der Waals surface area contributed by atoms with Crippen LogP contribution in [0, 0.1) is 0 Å². The smallest absolute Gasteiger partial charge is 0.272 e. The molecule has 2 heterocycles. The van der Waals surface area contributed by atoms with Crippen molar-refractivity contribution in [2.24, 2.45) is 0 Å². The van der Waals surface area contributed by atoms with Gasteiger partial charge >= 0.3 is 0 Å². The van der Waals surface area contributed by atoms with Crippen molar-refractivity contribution in [1.29, 1.82) is 0 Å². The van der Waals surface area contributed by atoms with Crippen LogP contribution in [0.2, 0.25) is 0 Å². The molecular formula is C13H16N4O2. The third-order valence-corrected chi connectivity index (χ3v) is 3.18. The highest BCUT2D eigenvalue weighted by molar-refractivity contribution is 6.04. The van der Waals surface area contributed by atoms with E-state index in [0.717, 1.165) is 24.0 Å². The van der Waals surface area contributed by atoms with Gasteiger partial charge in [-0.25, -0.2) is 0 Å². The number of amides is 1. The van der Waals surface area contributed by atoms with Crippen molar-refractivity contribution < 1.29 is 9.53 Å². The number of hydrogen-bond acceptors (Lipinski definition) is 4. The van der Waals surface area contributed by atoms with Crippen molar-refractivity contribution in [1.82, 2.24) is 20.8 Å². The zero-order valence-corrected chi connectivity index (χ0v) is 10.5. The highest BCUT2D eigenvalue weighted by atomic mass is 16.5. The third-order valence-electron chi connectivity index (χ3n) is 3.18. The molecule has 0 saturated carbocycles. The lowest BCUT2D eigenvalue weighted by atomic mass is 10.2. The molecule has 0 aliphatic carbocycles. The molecule has 0 bridgehead atoms. The molecule has 1 unspecified atom stereocenters. The number of hydrogen-bond donors (Lipinski definition) is 3. The summed E-state index contributed by atoms with van der Waals surface area (Å²) < 4.78 is 5.53. The molecule has 1 aromatic carbocycles. The average Bonchev–Trinajstić information content (AvgIpc) is 2.90. The molecule has 1 amide bonds. The Morgan fingerprint density at radius 1 is 1.47 bits per heavy atom. The standard InChI is InChI=1S/C13H16N4O2/c18-13(15-8-9-7-14-5-6-19-9)12-10-3-1-2-4-11(10)16-17-12/h1-4,9,14H,5-8H2,(H,15,18)(H,16,17). The zero-order valence-electron chi connectivity index (χ0n) is 10.5. The summed E-state index contributed by atoms with van der Waals surface area (Å²) in [6.45, 7) is 2.81. The molecule has 19 heavy (non-hydrogen) atoms. The van der Waals surface area contributed by atoms with E-state index in [1.54, 1.807) is 0 Å². The molecule has 2 aromatic rings. The lowest BCUT2D eigenvalue weighted by Crippen LogP contribution is -2.45. The summed E-state index contributed by atoms with van der Waals surface area (Å²) in [4.78, 5) is 12.1. The summed E-state index contributed by atoms with van der Waals surface area (Å²) in [7, 11) is 0. The normalized spacial score (nSPS) is 19.5. The number of carbonyl (C=O) groups excluding carboxylic acids is 1. The molecular weight excluding hydrogens is 244 g/mol. The minimum Gasteiger partial charge on any atom is -0.374 e. The fourth-order valence-electron chi connectivity index (χ4n) is 2.18. The van der Waals surface area contributed by atoms with Crippen LogP contribution in [0.4, 0.5) is 0 Å². The Bertz CT molecular complexity index is 575. The molecule has 1 aromatic heterocycles. The van der Waals surface area contributed by atoms with Gasteiger partial charge in [0.15, 0.2) is 5.69 Å². The summed E-state index contributed by atoms with van der Waals surface area (Å²) in [5, 5.41) is 13.8. The van der Waals surface area contributed by atoms with Gasteiger partial charge in [-0.2, -0.15) is 5.10 Å². The van der Waals surface area contributed by atoms with Crippen molar-refractivity contribution in [2.45, 2.75) is 6.10 Å². The van der Waals surface area contributed by atoms with Gasteiger partial charge in [0.2, 0.25) is 0 Å². The number of ether oxygens (including phenoxy) is 1. The fraction of sp³-hybridized carbons (Fsp3) is 0.385. The van der Waals surface area contributed by atoms with E-state index in [9.17, 15) is 4.79 Å². The van der Waals surface area contributed by atoms with Crippen LogP contribution in [-0.4, -0.2) is 48.4 Å². The van der Waals surface area contributed by atoms with Gasteiger partial charge in [-0.15, -0.1) is 0 Å². The van der Waals surface area contributed by atoms with E-state index in [0.29, 0.717) is 18.8 Å². The second kappa shape index (κ2) is 5.38. The van der Waals surface area contributed by atoms with Gasteiger partial charge in [0, 0.05) is 25.0 Å². The Hall–Kier alpha value is -1.92. The number of fused-ring (bicyclic) bond motifs is 1. The number of H-pyrrole nitrogens is 1. The largest absolute Gasteiger partial charge is 0.374 e. The van der Waals surface area contributed by atoms with Crippen LogP contribution in [0.3, 0.4) is 0 Å². The van der Waals surface area contributed by atoms with Gasteiger partial charge in [-0.3, -0.25) is 9.89 Å². The van der Waals surface area contributed by atoms with E-state index >= 15 is 0 Å². The zero-order chi connectivity index (χ0) is 13.1. The van der Waals surface area contributed by atoms with E-state index in [2.05, 4.69) is 20.8 Å². The Kier molecular flexibility index (Phi) is 3.43. The predicted octanol–water partition coefficient (Wildman–Crippen LogP) is 0.281. The summed E-state index contributed by atoms with van der Waals surface area (Å²) in [5.74, 6) is -0.174. The minimum atomic E-state index is -0.174. The van der Waals surface area contributed by atoms with Crippen LogP contribution in [-0.2, 0) is 4.74 Å². The molecule has 1 fully saturated rings. The van der Waals surface area contributed by atoms with Crippen molar-refractivity contribution in [2.75, 3.05) is 26.2 Å². The van der Waals surface area contributed by atoms with Crippen LogP contribution in [0.5, 0.6) is 0 Å². The number of rotatable bonds is 3. The Morgan fingerprint density at radius 3 is 3.21 bits per heavy atom. The molecule has 1 atom stereocenters. The van der Waals surface area contributed by atoms with Crippen molar-refractivity contribution in [3.63, 3.8) is 0 Å². The Labute approximate surface area is 110 Å². The van der Waals surface area contributed by atoms with Crippen molar-refractivity contribution in [3.05, 3.63) is 30.0 Å². The second-order valence-electron chi connectivity index (χ2n) is 4.52.